The number of rotatable bonds is 4. The highest BCUT2D eigenvalue weighted by Gasteiger charge is 2.38. The summed E-state index contributed by atoms with van der Waals surface area (Å²) in [6, 6.07) is 0.798. The molecule has 1 aliphatic heterocycles. The molecule has 0 bridgehead atoms. The Morgan fingerprint density at radius 3 is 2.60 bits per heavy atom. The first-order valence-electron chi connectivity index (χ1n) is 5.60. The van der Waals surface area contributed by atoms with E-state index in [1.807, 2.05) is 0 Å². The zero-order chi connectivity index (χ0) is 11.6. The molecule has 4 nitrogen and oxygen atoms in total. The minimum absolute atomic E-state index is 0.224. The second-order valence-corrected chi connectivity index (χ2v) is 4.74. The van der Waals surface area contributed by atoms with Gasteiger partial charge in [-0.3, -0.25) is 4.90 Å². The summed E-state index contributed by atoms with van der Waals surface area (Å²) in [7, 11) is 0. The summed E-state index contributed by atoms with van der Waals surface area (Å²) in [4.78, 5) is 13.0. The third-order valence-corrected chi connectivity index (χ3v) is 3.38. The molecule has 3 unspecified atom stereocenters. The number of likely N-dealkylation sites (tertiary alicyclic amines) is 1. The van der Waals surface area contributed by atoms with Gasteiger partial charge in [0.1, 0.15) is 0 Å². The Bertz CT molecular complexity index is 240. The van der Waals surface area contributed by atoms with Crippen molar-refractivity contribution in [3.63, 3.8) is 0 Å². The molecule has 3 atom stereocenters. The number of hydrogen-bond donors (Lipinski definition) is 2. The lowest BCUT2D eigenvalue weighted by Gasteiger charge is -2.32. The largest absolute Gasteiger partial charge is 0.479 e. The zero-order valence-corrected chi connectivity index (χ0v) is 9.73. The summed E-state index contributed by atoms with van der Waals surface area (Å²) in [6.07, 6.45) is 3.21. The molecule has 1 fully saturated rings. The monoisotopic (exact) mass is 215 g/mol. The molecule has 0 aromatic carbocycles. The summed E-state index contributed by atoms with van der Waals surface area (Å²) in [5.74, 6) is -1.14. The van der Waals surface area contributed by atoms with Crippen LogP contribution in [0.2, 0.25) is 0 Å². The molecule has 4 heteroatoms. The van der Waals surface area contributed by atoms with Gasteiger partial charge in [-0.15, -0.1) is 0 Å². The van der Waals surface area contributed by atoms with Crippen molar-refractivity contribution in [2.24, 2.45) is 0 Å². The quantitative estimate of drug-likeness (QED) is 0.737. The van der Waals surface area contributed by atoms with Gasteiger partial charge in [-0.1, -0.05) is 6.92 Å². The molecule has 0 aliphatic carbocycles. The molecular formula is C11H21NO3. The number of hydrogen-bond acceptors (Lipinski definition) is 3. The van der Waals surface area contributed by atoms with E-state index >= 15 is 0 Å². The molecule has 0 amide bonds. The summed E-state index contributed by atoms with van der Waals surface area (Å²) in [6.45, 7) is 5.79. The van der Waals surface area contributed by atoms with E-state index in [0.717, 1.165) is 19.3 Å². The number of carboxylic acid groups (broad SMARTS) is 1. The van der Waals surface area contributed by atoms with Gasteiger partial charge in [0, 0.05) is 18.6 Å². The van der Waals surface area contributed by atoms with E-state index in [1.165, 1.54) is 6.92 Å². The zero-order valence-electron chi connectivity index (χ0n) is 9.73. The molecule has 0 radical (unpaired) electrons. The maximum Gasteiger partial charge on any atom is 0.336 e. The highest BCUT2D eigenvalue weighted by Crippen LogP contribution is 2.27. The minimum Gasteiger partial charge on any atom is -0.479 e. The van der Waals surface area contributed by atoms with E-state index in [4.69, 9.17) is 5.11 Å². The van der Waals surface area contributed by atoms with Crippen LogP contribution >= 0.6 is 0 Å². The van der Waals surface area contributed by atoms with E-state index in [-0.39, 0.29) is 6.54 Å². The van der Waals surface area contributed by atoms with Crippen LogP contribution in [0.5, 0.6) is 0 Å². The van der Waals surface area contributed by atoms with Crippen molar-refractivity contribution >= 4 is 5.97 Å². The maximum absolute atomic E-state index is 10.8. The van der Waals surface area contributed by atoms with Gasteiger partial charge >= 0.3 is 5.97 Å². The van der Waals surface area contributed by atoms with Gasteiger partial charge in [0.2, 0.25) is 0 Å². The number of carbonyl (C=O) groups is 1. The van der Waals surface area contributed by atoms with Crippen molar-refractivity contribution in [2.45, 2.75) is 57.7 Å². The summed E-state index contributed by atoms with van der Waals surface area (Å²) in [5, 5.41) is 18.6. The predicted molar refractivity (Wildman–Crippen MR) is 57.7 cm³/mol. The summed E-state index contributed by atoms with van der Waals surface area (Å²) in [5.41, 5.74) is -1.63. The summed E-state index contributed by atoms with van der Waals surface area (Å²) >= 11 is 0. The Balaban J connectivity index is 2.67. The van der Waals surface area contributed by atoms with Crippen molar-refractivity contribution < 1.29 is 15.0 Å². The van der Waals surface area contributed by atoms with Crippen LogP contribution < -0.4 is 0 Å². The van der Waals surface area contributed by atoms with Crippen LogP contribution in [0.15, 0.2) is 0 Å². The maximum atomic E-state index is 10.8. The third-order valence-electron chi connectivity index (χ3n) is 3.38. The Morgan fingerprint density at radius 1 is 1.53 bits per heavy atom. The van der Waals surface area contributed by atoms with Crippen LogP contribution in [-0.2, 0) is 4.79 Å². The van der Waals surface area contributed by atoms with Crippen molar-refractivity contribution in [1.82, 2.24) is 4.90 Å². The molecule has 1 saturated heterocycles. The third kappa shape index (κ3) is 2.69. The number of aliphatic carboxylic acids is 1. The lowest BCUT2D eigenvalue weighted by molar-refractivity contribution is -0.159. The van der Waals surface area contributed by atoms with Crippen molar-refractivity contribution in [3.05, 3.63) is 0 Å². The smallest absolute Gasteiger partial charge is 0.336 e. The number of carboxylic acids is 1. The first-order valence-corrected chi connectivity index (χ1v) is 5.60. The van der Waals surface area contributed by atoms with Crippen LogP contribution in [0.4, 0.5) is 0 Å². The summed E-state index contributed by atoms with van der Waals surface area (Å²) < 4.78 is 0. The highest BCUT2D eigenvalue weighted by molar-refractivity contribution is 5.76. The van der Waals surface area contributed by atoms with Gasteiger partial charge in [0.15, 0.2) is 5.60 Å². The molecule has 15 heavy (non-hydrogen) atoms. The van der Waals surface area contributed by atoms with Crippen LogP contribution in [-0.4, -0.2) is 45.3 Å². The number of nitrogens with zero attached hydrogens (tertiary/aromatic N) is 1. The van der Waals surface area contributed by atoms with Crippen molar-refractivity contribution in [3.8, 4) is 0 Å². The average molecular weight is 215 g/mol. The second-order valence-electron chi connectivity index (χ2n) is 4.74. The van der Waals surface area contributed by atoms with E-state index in [1.54, 1.807) is 0 Å². The fraction of sp³-hybridized carbons (Fsp3) is 0.909. The molecule has 88 valence electrons. The molecule has 0 aromatic rings. The molecule has 2 N–H and O–H groups in total. The molecular weight excluding hydrogens is 194 g/mol. The first-order chi connectivity index (χ1) is 6.88. The van der Waals surface area contributed by atoms with Crippen LogP contribution in [0.25, 0.3) is 0 Å². The Hall–Kier alpha value is -0.610. The van der Waals surface area contributed by atoms with Crippen LogP contribution in [0.1, 0.15) is 40.0 Å². The van der Waals surface area contributed by atoms with Crippen LogP contribution in [0.3, 0.4) is 0 Å². The fourth-order valence-electron chi connectivity index (χ4n) is 2.27. The highest BCUT2D eigenvalue weighted by atomic mass is 16.4. The first kappa shape index (κ1) is 12.5. The predicted octanol–water partition coefficient (Wildman–Crippen LogP) is 1.08. The lowest BCUT2D eigenvalue weighted by atomic mass is 10.1. The van der Waals surface area contributed by atoms with Gasteiger partial charge in [-0.05, 0) is 33.1 Å². The molecule has 0 aromatic heterocycles. The van der Waals surface area contributed by atoms with Gasteiger partial charge in [0.05, 0.1) is 0 Å². The average Bonchev–Trinajstić information content (AvgIpc) is 2.47. The SMILES string of the molecule is CCC1CCC(C)N1CC(C)(O)C(=O)O. The van der Waals surface area contributed by atoms with Crippen molar-refractivity contribution in [2.75, 3.05) is 6.54 Å². The normalized spacial score (nSPS) is 31.5. The van der Waals surface area contributed by atoms with Crippen molar-refractivity contribution in [1.29, 1.82) is 0 Å². The van der Waals surface area contributed by atoms with Crippen LogP contribution in [0, 0.1) is 0 Å². The molecule has 0 saturated carbocycles. The Labute approximate surface area is 90.9 Å². The number of aliphatic hydroxyl groups is 1. The van der Waals surface area contributed by atoms with Gasteiger partial charge in [-0.25, -0.2) is 4.79 Å². The molecule has 0 spiro atoms. The van der Waals surface area contributed by atoms with E-state index in [0.29, 0.717) is 12.1 Å². The Morgan fingerprint density at radius 2 is 2.13 bits per heavy atom. The minimum atomic E-state index is -1.63. The van der Waals surface area contributed by atoms with E-state index in [9.17, 15) is 9.90 Å². The molecule has 1 rings (SSSR count). The Kier molecular flexibility index (Phi) is 3.73. The number of β-amino-alcohol motifs (C(OH)–C–C–N with tert-alkyl or cyclic N) is 1. The molecule has 1 aliphatic rings. The van der Waals surface area contributed by atoms with E-state index in [2.05, 4.69) is 18.7 Å². The fourth-order valence-corrected chi connectivity index (χ4v) is 2.27. The standard InChI is InChI=1S/C11H21NO3/c1-4-9-6-5-8(2)12(9)7-11(3,15)10(13)14/h8-9,15H,4-7H2,1-3H3,(H,13,14). The van der Waals surface area contributed by atoms with E-state index < -0.39 is 11.6 Å². The van der Waals surface area contributed by atoms with Gasteiger partial charge in [0.25, 0.3) is 0 Å². The molecule has 1 heterocycles. The second kappa shape index (κ2) is 4.49. The van der Waals surface area contributed by atoms with Gasteiger partial charge < -0.3 is 10.2 Å². The lowest BCUT2D eigenvalue weighted by Crippen LogP contribution is -2.50. The topological polar surface area (TPSA) is 60.8 Å². The van der Waals surface area contributed by atoms with Gasteiger partial charge in [-0.2, -0.15) is 0 Å².